The van der Waals surface area contributed by atoms with E-state index in [0.29, 0.717) is 4.90 Å². The van der Waals surface area contributed by atoms with Crippen LogP contribution in [-0.2, 0) is 9.59 Å². The number of thioether (sulfide) groups is 1. The third-order valence-corrected chi connectivity index (χ3v) is 4.76. The average molecular weight is 410 g/mol. The van der Waals surface area contributed by atoms with Crippen LogP contribution < -0.4 is 16.2 Å². The summed E-state index contributed by atoms with van der Waals surface area (Å²) in [5, 5.41) is 2.75. The van der Waals surface area contributed by atoms with Crippen molar-refractivity contribution in [2.45, 2.75) is 17.9 Å². The Labute approximate surface area is 164 Å². The molecule has 0 aliphatic carbocycles. The molecule has 0 unspecified atom stereocenters. The second-order valence-electron chi connectivity index (χ2n) is 5.43. The summed E-state index contributed by atoms with van der Waals surface area (Å²) in [5.74, 6) is -2.14. The van der Waals surface area contributed by atoms with E-state index < -0.39 is 29.6 Å². The Bertz CT molecular complexity index is 850. The molecule has 0 heterocycles. The van der Waals surface area contributed by atoms with Crippen LogP contribution in [0.4, 0.5) is 4.39 Å². The van der Waals surface area contributed by atoms with Gasteiger partial charge in [0.25, 0.3) is 11.8 Å². The Kier molecular flexibility index (Phi) is 7.63. The van der Waals surface area contributed by atoms with Gasteiger partial charge >= 0.3 is 0 Å². The van der Waals surface area contributed by atoms with E-state index in [0.717, 1.165) is 11.8 Å². The molecule has 6 nitrogen and oxygen atoms in total. The number of carbonyl (C=O) groups excluding carboxylic acids is 3. The Balaban J connectivity index is 1.77. The zero-order valence-electron chi connectivity index (χ0n) is 14.3. The van der Waals surface area contributed by atoms with Crippen LogP contribution in [0.3, 0.4) is 0 Å². The molecule has 0 fully saturated rings. The van der Waals surface area contributed by atoms with Gasteiger partial charge in [-0.05, 0) is 31.2 Å². The third kappa shape index (κ3) is 6.26. The fourth-order valence-corrected chi connectivity index (χ4v) is 2.93. The van der Waals surface area contributed by atoms with Crippen LogP contribution >= 0.6 is 23.4 Å². The topological polar surface area (TPSA) is 87.3 Å². The molecule has 0 saturated heterocycles. The molecular weight excluding hydrogens is 393 g/mol. The maximum atomic E-state index is 13.5. The number of hydrazine groups is 1. The van der Waals surface area contributed by atoms with Gasteiger partial charge in [-0.3, -0.25) is 25.2 Å². The van der Waals surface area contributed by atoms with Gasteiger partial charge in [0.2, 0.25) is 5.91 Å². The second kappa shape index (κ2) is 9.94. The molecule has 2 rings (SSSR count). The number of halogens is 2. The van der Waals surface area contributed by atoms with Crippen molar-refractivity contribution in [2.24, 2.45) is 0 Å². The fraction of sp³-hybridized carbons (Fsp3) is 0.167. The van der Waals surface area contributed by atoms with E-state index in [2.05, 4.69) is 16.2 Å². The lowest BCUT2D eigenvalue weighted by Gasteiger charge is -2.15. The van der Waals surface area contributed by atoms with Crippen LogP contribution in [0.1, 0.15) is 17.3 Å². The van der Waals surface area contributed by atoms with E-state index in [4.69, 9.17) is 11.6 Å². The average Bonchev–Trinajstić information content (AvgIpc) is 2.65. The number of benzene rings is 2. The molecule has 3 amide bonds. The molecule has 2 aromatic carbocycles. The number of hydrogen-bond donors (Lipinski definition) is 3. The van der Waals surface area contributed by atoms with Crippen LogP contribution in [0.25, 0.3) is 0 Å². The van der Waals surface area contributed by atoms with Crippen molar-refractivity contribution in [1.82, 2.24) is 16.2 Å². The molecule has 0 radical (unpaired) electrons. The maximum Gasteiger partial charge on any atom is 0.260 e. The first-order valence-electron chi connectivity index (χ1n) is 7.90. The van der Waals surface area contributed by atoms with Gasteiger partial charge in [-0.15, -0.1) is 11.8 Å². The summed E-state index contributed by atoms with van der Waals surface area (Å²) >= 11 is 6.94. The van der Waals surface area contributed by atoms with Crippen molar-refractivity contribution in [3.63, 3.8) is 0 Å². The molecule has 2 aromatic rings. The molecule has 0 aliphatic heterocycles. The van der Waals surface area contributed by atoms with Gasteiger partial charge in [0.15, 0.2) is 0 Å². The predicted octanol–water partition coefficient (Wildman–Crippen LogP) is 2.54. The monoisotopic (exact) mass is 409 g/mol. The third-order valence-electron chi connectivity index (χ3n) is 3.38. The van der Waals surface area contributed by atoms with Gasteiger partial charge in [-0.2, -0.15) is 0 Å². The summed E-state index contributed by atoms with van der Waals surface area (Å²) in [6.07, 6.45) is 0. The Morgan fingerprint density at radius 3 is 2.44 bits per heavy atom. The fourth-order valence-electron chi connectivity index (χ4n) is 1.97. The Morgan fingerprint density at radius 2 is 1.74 bits per heavy atom. The number of amides is 3. The summed E-state index contributed by atoms with van der Waals surface area (Å²) in [6.45, 7) is 1.46. The summed E-state index contributed by atoms with van der Waals surface area (Å²) in [6, 6.07) is 11.6. The molecular formula is C18H17ClFN3O3S. The van der Waals surface area contributed by atoms with E-state index in [9.17, 15) is 18.8 Å². The van der Waals surface area contributed by atoms with Crippen molar-refractivity contribution < 1.29 is 18.8 Å². The lowest BCUT2D eigenvalue weighted by Crippen LogP contribution is -2.51. The molecule has 0 saturated carbocycles. The highest BCUT2D eigenvalue weighted by molar-refractivity contribution is 8.00. The first kappa shape index (κ1) is 20.7. The minimum absolute atomic E-state index is 0.0818. The minimum atomic E-state index is -0.909. The summed E-state index contributed by atoms with van der Waals surface area (Å²) in [4.78, 5) is 36.2. The number of hydrogen-bond acceptors (Lipinski definition) is 4. The van der Waals surface area contributed by atoms with Crippen LogP contribution in [0, 0.1) is 5.82 Å². The Morgan fingerprint density at radius 1 is 1.07 bits per heavy atom. The molecule has 0 bridgehead atoms. The highest BCUT2D eigenvalue weighted by Gasteiger charge is 2.18. The number of carbonyl (C=O) groups is 3. The molecule has 0 aromatic heterocycles. The van der Waals surface area contributed by atoms with Crippen molar-refractivity contribution in [2.75, 3.05) is 5.75 Å². The second-order valence-corrected chi connectivity index (χ2v) is 6.86. The van der Waals surface area contributed by atoms with Crippen molar-refractivity contribution >= 4 is 41.1 Å². The number of rotatable bonds is 6. The highest BCUT2D eigenvalue weighted by atomic mass is 35.5. The van der Waals surface area contributed by atoms with E-state index in [1.54, 1.807) is 36.4 Å². The van der Waals surface area contributed by atoms with Crippen molar-refractivity contribution in [1.29, 1.82) is 0 Å². The van der Waals surface area contributed by atoms with E-state index in [-0.39, 0.29) is 16.3 Å². The Hall–Kier alpha value is -2.58. The van der Waals surface area contributed by atoms with E-state index in [1.807, 2.05) is 0 Å². The largest absolute Gasteiger partial charge is 0.340 e. The minimum Gasteiger partial charge on any atom is -0.340 e. The number of nitrogens with one attached hydrogen (secondary N) is 3. The normalized spacial score (nSPS) is 11.4. The van der Waals surface area contributed by atoms with Crippen LogP contribution in [0.5, 0.6) is 0 Å². The lowest BCUT2D eigenvalue weighted by atomic mass is 10.2. The smallest absolute Gasteiger partial charge is 0.260 e. The summed E-state index contributed by atoms with van der Waals surface area (Å²) in [5.41, 5.74) is 4.67. The van der Waals surface area contributed by atoms with Gasteiger partial charge in [-0.25, -0.2) is 4.39 Å². The van der Waals surface area contributed by atoms with Gasteiger partial charge in [-0.1, -0.05) is 35.9 Å². The molecule has 0 spiro atoms. The van der Waals surface area contributed by atoms with Crippen LogP contribution in [-0.4, -0.2) is 29.5 Å². The molecule has 27 heavy (non-hydrogen) atoms. The van der Waals surface area contributed by atoms with Crippen molar-refractivity contribution in [3.8, 4) is 0 Å². The standard InChI is InChI=1S/C18H17ClFN3O3S/c1-11(21-18(26)12-6-2-3-7-13(12)19)17(25)23-22-16(24)10-27-15-9-5-4-8-14(15)20/h2-9,11H,10H2,1H3,(H,21,26)(H,22,24)(H,23,25)/t11-/m0/s1. The highest BCUT2D eigenvalue weighted by Crippen LogP contribution is 2.20. The zero-order valence-corrected chi connectivity index (χ0v) is 15.9. The first-order chi connectivity index (χ1) is 12.9. The molecule has 0 aliphatic rings. The van der Waals surface area contributed by atoms with Gasteiger partial charge < -0.3 is 5.32 Å². The lowest BCUT2D eigenvalue weighted by molar-refractivity contribution is -0.128. The summed E-state index contributed by atoms with van der Waals surface area (Å²) in [7, 11) is 0. The van der Waals surface area contributed by atoms with Gasteiger partial charge in [0, 0.05) is 4.90 Å². The van der Waals surface area contributed by atoms with Crippen LogP contribution in [0.2, 0.25) is 5.02 Å². The SMILES string of the molecule is C[C@H](NC(=O)c1ccccc1Cl)C(=O)NNC(=O)CSc1ccccc1F. The van der Waals surface area contributed by atoms with Crippen LogP contribution in [0.15, 0.2) is 53.4 Å². The maximum absolute atomic E-state index is 13.5. The molecule has 3 N–H and O–H groups in total. The predicted molar refractivity (Wildman–Crippen MR) is 102 cm³/mol. The molecule has 142 valence electrons. The molecule has 1 atom stereocenters. The summed E-state index contributed by atoms with van der Waals surface area (Å²) < 4.78 is 13.5. The first-order valence-corrected chi connectivity index (χ1v) is 9.26. The van der Waals surface area contributed by atoms with E-state index in [1.165, 1.54) is 19.1 Å². The van der Waals surface area contributed by atoms with Gasteiger partial charge in [0.1, 0.15) is 11.9 Å². The van der Waals surface area contributed by atoms with Crippen molar-refractivity contribution in [3.05, 3.63) is 64.9 Å². The zero-order chi connectivity index (χ0) is 19.8. The van der Waals surface area contributed by atoms with Gasteiger partial charge in [0.05, 0.1) is 16.3 Å². The molecule has 9 heteroatoms. The van der Waals surface area contributed by atoms with E-state index >= 15 is 0 Å². The quantitative estimate of drug-likeness (QED) is 0.505.